The van der Waals surface area contributed by atoms with Crippen LogP contribution in [0.25, 0.3) is 11.0 Å². The van der Waals surface area contributed by atoms with Gasteiger partial charge < -0.3 is 9.88 Å². The summed E-state index contributed by atoms with van der Waals surface area (Å²) in [6.45, 7) is 1.51. The number of anilines is 1. The van der Waals surface area contributed by atoms with Crippen molar-refractivity contribution in [2.24, 2.45) is 0 Å². The maximum atomic E-state index is 13.0. The maximum Gasteiger partial charge on any atom is 0.389 e. The molecule has 0 radical (unpaired) electrons. The van der Waals surface area contributed by atoms with E-state index in [1.54, 1.807) is 23.3 Å². The lowest BCUT2D eigenvalue weighted by Gasteiger charge is -2.29. The fourth-order valence-corrected chi connectivity index (χ4v) is 4.37. The molecule has 0 fully saturated rings. The molecule has 176 valence electrons. The second-order valence-corrected chi connectivity index (χ2v) is 8.29. The fraction of sp³-hybridized carbons (Fsp3) is 0.348. The van der Waals surface area contributed by atoms with E-state index >= 15 is 0 Å². The molecule has 0 saturated carbocycles. The Kier molecular flexibility index (Phi) is 5.76. The molecule has 0 aromatic carbocycles. The van der Waals surface area contributed by atoms with Gasteiger partial charge in [-0.2, -0.15) is 18.3 Å². The molecule has 1 aliphatic heterocycles. The predicted octanol–water partition coefficient (Wildman–Crippen LogP) is 4.08. The molecule has 1 aliphatic rings. The molecule has 0 amide bonds. The van der Waals surface area contributed by atoms with Gasteiger partial charge in [-0.15, -0.1) is 0 Å². The Bertz CT molecular complexity index is 1310. The van der Waals surface area contributed by atoms with Gasteiger partial charge >= 0.3 is 6.18 Å². The van der Waals surface area contributed by atoms with E-state index in [4.69, 9.17) is 0 Å². The minimum absolute atomic E-state index is 0.201. The van der Waals surface area contributed by atoms with Crippen molar-refractivity contribution in [1.82, 2.24) is 29.7 Å². The average Bonchev–Trinajstić information content (AvgIpc) is 3.43. The molecule has 34 heavy (non-hydrogen) atoms. The monoisotopic (exact) mass is 469 g/mol. The smallest absolute Gasteiger partial charge is 0.351 e. The third kappa shape index (κ3) is 4.50. The van der Waals surface area contributed by atoms with E-state index in [0.717, 1.165) is 28.0 Å². The van der Waals surface area contributed by atoms with Gasteiger partial charge in [-0.25, -0.2) is 9.97 Å². The molecule has 0 unspecified atom stereocenters. The largest absolute Gasteiger partial charge is 0.389 e. The molecule has 0 saturated heterocycles. The molecule has 0 spiro atoms. The molecule has 4 aromatic rings. The van der Waals surface area contributed by atoms with Gasteiger partial charge in [0.25, 0.3) is 0 Å². The highest BCUT2D eigenvalue weighted by Gasteiger charge is 2.31. The van der Waals surface area contributed by atoms with Gasteiger partial charge in [0, 0.05) is 62.2 Å². The molecule has 4 aromatic heterocycles. The molecule has 11 heteroatoms. The van der Waals surface area contributed by atoms with Crippen LogP contribution in [0.15, 0.2) is 43.1 Å². The quantitative estimate of drug-likeness (QED) is 0.410. The first-order chi connectivity index (χ1) is 16.4. The predicted molar refractivity (Wildman–Crippen MR) is 118 cm³/mol. The Labute approximate surface area is 192 Å². The highest BCUT2D eigenvalue weighted by Crippen LogP contribution is 2.31. The van der Waals surface area contributed by atoms with Gasteiger partial charge in [-0.1, -0.05) is 0 Å². The summed E-state index contributed by atoms with van der Waals surface area (Å²) in [5.74, 6) is 0.375. The second kappa shape index (κ2) is 8.88. The van der Waals surface area contributed by atoms with Crippen molar-refractivity contribution in [3.8, 4) is 0 Å². The zero-order valence-electron chi connectivity index (χ0n) is 18.2. The topological polar surface area (TPSA) is 92.6 Å². The standard InChI is InChI=1S/C23H22F3N7O/c24-23(25,26)7-1-2-19(34)20-17-13-32(22-16-5-10-28-21(16)29-14-30-22)11-6-18(17)33(31-20)12-15-3-8-27-9-4-15/h3-5,8-10,14H,1-2,6-7,11-13H2,(H,28,29,30). The average molecular weight is 469 g/mol. The van der Waals surface area contributed by atoms with Crippen molar-refractivity contribution in [2.75, 3.05) is 11.4 Å². The van der Waals surface area contributed by atoms with Crippen molar-refractivity contribution < 1.29 is 18.0 Å². The number of hydrogen-bond acceptors (Lipinski definition) is 6. The van der Waals surface area contributed by atoms with Gasteiger partial charge in [0.15, 0.2) is 5.78 Å². The van der Waals surface area contributed by atoms with Gasteiger partial charge in [0.1, 0.15) is 23.5 Å². The van der Waals surface area contributed by atoms with Crippen molar-refractivity contribution >= 4 is 22.6 Å². The van der Waals surface area contributed by atoms with Crippen LogP contribution in [0.4, 0.5) is 19.0 Å². The molecule has 1 N–H and O–H groups in total. The number of nitrogens with one attached hydrogen (secondary N) is 1. The minimum atomic E-state index is -4.29. The lowest BCUT2D eigenvalue weighted by atomic mass is 10.0. The third-order valence-corrected chi connectivity index (χ3v) is 5.98. The van der Waals surface area contributed by atoms with Crippen LogP contribution in [0.5, 0.6) is 0 Å². The van der Waals surface area contributed by atoms with Crippen molar-refractivity contribution in [1.29, 1.82) is 0 Å². The number of carbonyl (C=O) groups excluding carboxylic acids is 1. The van der Waals surface area contributed by atoms with Crippen LogP contribution in [-0.4, -0.2) is 48.2 Å². The third-order valence-electron chi connectivity index (χ3n) is 5.98. The van der Waals surface area contributed by atoms with Crippen LogP contribution in [0, 0.1) is 0 Å². The summed E-state index contributed by atoms with van der Waals surface area (Å²) < 4.78 is 39.6. The fourth-order valence-electron chi connectivity index (χ4n) is 4.37. The molecular formula is C23H22F3N7O. The van der Waals surface area contributed by atoms with Gasteiger partial charge in [0.2, 0.25) is 0 Å². The second-order valence-electron chi connectivity index (χ2n) is 8.29. The number of fused-ring (bicyclic) bond motifs is 2. The van der Waals surface area contributed by atoms with E-state index in [1.165, 1.54) is 6.33 Å². The van der Waals surface area contributed by atoms with E-state index in [2.05, 4.69) is 29.9 Å². The zero-order valence-corrected chi connectivity index (χ0v) is 18.2. The van der Waals surface area contributed by atoms with Crippen LogP contribution in [0.2, 0.25) is 0 Å². The number of halogens is 3. The van der Waals surface area contributed by atoms with Crippen LogP contribution in [0.1, 0.15) is 46.6 Å². The maximum absolute atomic E-state index is 13.0. The van der Waals surface area contributed by atoms with Crippen LogP contribution < -0.4 is 4.90 Å². The van der Waals surface area contributed by atoms with Crippen LogP contribution >= 0.6 is 0 Å². The van der Waals surface area contributed by atoms with Crippen molar-refractivity contribution in [2.45, 2.75) is 44.9 Å². The summed E-state index contributed by atoms with van der Waals surface area (Å²) in [5, 5.41) is 5.45. The van der Waals surface area contributed by atoms with E-state index < -0.39 is 12.6 Å². The van der Waals surface area contributed by atoms with E-state index in [9.17, 15) is 18.0 Å². The Hall–Kier alpha value is -3.76. The number of rotatable bonds is 7. The first kappa shape index (κ1) is 22.1. The minimum Gasteiger partial charge on any atom is -0.351 e. The Balaban J connectivity index is 1.46. The Morgan fingerprint density at radius 3 is 2.76 bits per heavy atom. The van der Waals surface area contributed by atoms with Crippen LogP contribution in [0.3, 0.4) is 0 Å². The molecule has 8 nitrogen and oxygen atoms in total. The van der Waals surface area contributed by atoms with E-state index in [-0.39, 0.29) is 24.3 Å². The highest BCUT2D eigenvalue weighted by molar-refractivity contribution is 5.96. The zero-order chi connectivity index (χ0) is 23.7. The summed E-state index contributed by atoms with van der Waals surface area (Å²) in [7, 11) is 0. The normalized spacial score (nSPS) is 13.9. The number of H-pyrrole nitrogens is 1. The number of carbonyl (C=O) groups is 1. The molecular weight excluding hydrogens is 447 g/mol. The SMILES string of the molecule is O=C(CCCC(F)(F)F)c1nn(Cc2ccncc2)c2c1CN(c1ncnc3[nH]ccc13)CC2. The molecule has 0 bridgehead atoms. The first-order valence-corrected chi connectivity index (χ1v) is 11.0. The number of aromatic nitrogens is 6. The molecule has 5 heterocycles. The molecule has 0 aliphatic carbocycles. The first-order valence-electron chi connectivity index (χ1n) is 11.0. The lowest BCUT2D eigenvalue weighted by Crippen LogP contribution is -2.32. The summed E-state index contributed by atoms with van der Waals surface area (Å²) in [6, 6.07) is 5.64. The van der Waals surface area contributed by atoms with E-state index in [1.807, 2.05) is 18.2 Å². The van der Waals surface area contributed by atoms with Gasteiger partial charge in [-0.3, -0.25) is 14.5 Å². The Morgan fingerprint density at radius 1 is 1.15 bits per heavy atom. The number of pyridine rings is 1. The van der Waals surface area contributed by atoms with Gasteiger partial charge in [-0.05, 0) is 30.2 Å². The number of alkyl halides is 3. The lowest BCUT2D eigenvalue weighted by molar-refractivity contribution is -0.135. The summed E-state index contributed by atoms with van der Waals surface area (Å²) in [4.78, 5) is 30.8. The number of aromatic amines is 1. The van der Waals surface area contributed by atoms with E-state index in [0.29, 0.717) is 31.7 Å². The van der Waals surface area contributed by atoms with Crippen LogP contribution in [-0.2, 0) is 19.5 Å². The Morgan fingerprint density at radius 2 is 1.97 bits per heavy atom. The molecule has 0 atom stereocenters. The van der Waals surface area contributed by atoms with Gasteiger partial charge in [0.05, 0.1) is 11.9 Å². The summed E-state index contributed by atoms with van der Waals surface area (Å²) in [5.41, 5.74) is 3.61. The summed E-state index contributed by atoms with van der Waals surface area (Å²) >= 11 is 0. The number of Topliss-reactive ketones (excluding diaryl/α,β-unsaturated/α-hetero) is 1. The molecule has 5 rings (SSSR count). The number of hydrogen-bond donors (Lipinski definition) is 1. The van der Waals surface area contributed by atoms with Crippen molar-refractivity contribution in [3.05, 3.63) is 65.6 Å². The number of ketones is 1. The summed E-state index contributed by atoms with van der Waals surface area (Å²) in [6.07, 6.45) is 1.55. The van der Waals surface area contributed by atoms with Crippen molar-refractivity contribution in [3.63, 3.8) is 0 Å². The highest BCUT2D eigenvalue weighted by atomic mass is 19.4. The number of nitrogens with zero attached hydrogens (tertiary/aromatic N) is 6.